The second kappa shape index (κ2) is 3.47. The number of rotatable bonds is 3. The molecule has 72 valence electrons. The highest BCUT2D eigenvalue weighted by molar-refractivity contribution is 4.93. The SMILES string of the molecule is Cn1ccnc1CCN1CC(O)C1. The number of hydrogen-bond acceptors (Lipinski definition) is 3. The molecule has 1 N–H and O–H groups in total. The van der Waals surface area contributed by atoms with Crippen molar-refractivity contribution in [2.45, 2.75) is 12.5 Å². The quantitative estimate of drug-likeness (QED) is 0.692. The molecule has 0 radical (unpaired) electrons. The Morgan fingerprint density at radius 1 is 1.62 bits per heavy atom. The van der Waals surface area contributed by atoms with Crippen LogP contribution in [0, 0.1) is 0 Å². The van der Waals surface area contributed by atoms with E-state index in [-0.39, 0.29) is 6.10 Å². The van der Waals surface area contributed by atoms with Gasteiger partial charge in [0.25, 0.3) is 0 Å². The Balaban J connectivity index is 1.77. The summed E-state index contributed by atoms with van der Waals surface area (Å²) < 4.78 is 2.04. The van der Waals surface area contributed by atoms with E-state index in [9.17, 15) is 0 Å². The topological polar surface area (TPSA) is 41.3 Å². The number of aryl methyl sites for hydroxylation is 1. The maximum Gasteiger partial charge on any atom is 0.109 e. The third-order valence-corrected chi connectivity index (χ3v) is 2.51. The van der Waals surface area contributed by atoms with Crippen LogP contribution in [-0.2, 0) is 13.5 Å². The van der Waals surface area contributed by atoms with Gasteiger partial charge in [0.2, 0.25) is 0 Å². The Kier molecular flexibility index (Phi) is 2.33. The Labute approximate surface area is 77.8 Å². The van der Waals surface area contributed by atoms with E-state index >= 15 is 0 Å². The highest BCUT2D eigenvalue weighted by atomic mass is 16.3. The average molecular weight is 181 g/mol. The largest absolute Gasteiger partial charge is 0.390 e. The minimum absolute atomic E-state index is 0.0960. The van der Waals surface area contributed by atoms with Gasteiger partial charge in [0.1, 0.15) is 5.82 Å². The van der Waals surface area contributed by atoms with Gasteiger partial charge >= 0.3 is 0 Å². The van der Waals surface area contributed by atoms with Gasteiger partial charge < -0.3 is 9.67 Å². The van der Waals surface area contributed by atoms with Gasteiger partial charge in [-0.1, -0.05) is 0 Å². The van der Waals surface area contributed by atoms with Gasteiger partial charge in [0, 0.05) is 45.5 Å². The van der Waals surface area contributed by atoms with Crippen LogP contribution in [0.2, 0.25) is 0 Å². The number of aliphatic hydroxyl groups excluding tert-OH is 1. The fourth-order valence-corrected chi connectivity index (χ4v) is 1.62. The molecule has 2 rings (SSSR count). The number of nitrogens with zero attached hydrogens (tertiary/aromatic N) is 3. The molecule has 4 nitrogen and oxygen atoms in total. The predicted molar refractivity (Wildman–Crippen MR) is 49.4 cm³/mol. The molecule has 1 aliphatic rings. The van der Waals surface area contributed by atoms with E-state index in [1.54, 1.807) is 0 Å². The van der Waals surface area contributed by atoms with Gasteiger partial charge in [-0.15, -0.1) is 0 Å². The monoisotopic (exact) mass is 181 g/mol. The van der Waals surface area contributed by atoms with Gasteiger partial charge in [-0.3, -0.25) is 4.90 Å². The zero-order valence-corrected chi connectivity index (χ0v) is 7.85. The van der Waals surface area contributed by atoms with E-state index in [0.29, 0.717) is 0 Å². The van der Waals surface area contributed by atoms with E-state index in [0.717, 1.165) is 31.9 Å². The summed E-state index contributed by atoms with van der Waals surface area (Å²) in [4.78, 5) is 6.47. The number of aromatic nitrogens is 2. The van der Waals surface area contributed by atoms with E-state index in [4.69, 9.17) is 5.11 Å². The minimum Gasteiger partial charge on any atom is -0.390 e. The maximum atomic E-state index is 9.07. The molecule has 2 heterocycles. The van der Waals surface area contributed by atoms with Crippen LogP contribution in [-0.4, -0.2) is 45.3 Å². The smallest absolute Gasteiger partial charge is 0.109 e. The second-order valence-electron chi connectivity index (χ2n) is 3.62. The van der Waals surface area contributed by atoms with Gasteiger partial charge in [0.05, 0.1) is 6.10 Å². The lowest BCUT2D eigenvalue weighted by Crippen LogP contribution is -2.51. The van der Waals surface area contributed by atoms with Gasteiger partial charge in [-0.2, -0.15) is 0 Å². The summed E-state index contributed by atoms with van der Waals surface area (Å²) in [6, 6.07) is 0. The van der Waals surface area contributed by atoms with Crippen molar-refractivity contribution < 1.29 is 5.11 Å². The number of β-amino-alcohol motifs (C(OH)–C–C–N with tert-alkyl or cyclic N) is 1. The number of hydrogen-bond donors (Lipinski definition) is 1. The molecular weight excluding hydrogens is 166 g/mol. The van der Waals surface area contributed by atoms with Crippen molar-refractivity contribution in [3.63, 3.8) is 0 Å². The summed E-state index contributed by atoms with van der Waals surface area (Å²) in [7, 11) is 2.01. The van der Waals surface area contributed by atoms with E-state index in [2.05, 4.69) is 9.88 Å². The van der Waals surface area contributed by atoms with Crippen molar-refractivity contribution in [1.29, 1.82) is 0 Å². The molecule has 0 atom stereocenters. The van der Waals surface area contributed by atoms with Crippen molar-refractivity contribution >= 4 is 0 Å². The normalized spacial score (nSPS) is 18.9. The molecule has 1 aliphatic heterocycles. The second-order valence-corrected chi connectivity index (χ2v) is 3.62. The third-order valence-electron chi connectivity index (χ3n) is 2.51. The highest BCUT2D eigenvalue weighted by Gasteiger charge is 2.23. The zero-order valence-electron chi connectivity index (χ0n) is 7.85. The number of imidazole rings is 1. The van der Waals surface area contributed by atoms with Crippen LogP contribution in [0.5, 0.6) is 0 Å². The Bertz CT molecular complexity index is 278. The first kappa shape index (κ1) is 8.72. The lowest BCUT2D eigenvalue weighted by molar-refractivity contribution is 0.00275. The minimum atomic E-state index is -0.0960. The zero-order chi connectivity index (χ0) is 9.26. The number of likely N-dealkylation sites (tertiary alicyclic amines) is 1. The van der Waals surface area contributed by atoms with Crippen molar-refractivity contribution in [2.24, 2.45) is 7.05 Å². The molecule has 0 amide bonds. The van der Waals surface area contributed by atoms with E-state index in [1.165, 1.54) is 0 Å². The van der Waals surface area contributed by atoms with Gasteiger partial charge in [0.15, 0.2) is 0 Å². The van der Waals surface area contributed by atoms with Crippen LogP contribution in [0.1, 0.15) is 5.82 Å². The van der Waals surface area contributed by atoms with Gasteiger partial charge in [-0.05, 0) is 0 Å². The lowest BCUT2D eigenvalue weighted by Gasteiger charge is -2.35. The molecule has 0 aromatic carbocycles. The van der Waals surface area contributed by atoms with Crippen molar-refractivity contribution in [2.75, 3.05) is 19.6 Å². The van der Waals surface area contributed by atoms with E-state index < -0.39 is 0 Å². The number of aliphatic hydroxyl groups is 1. The highest BCUT2D eigenvalue weighted by Crippen LogP contribution is 2.07. The molecule has 13 heavy (non-hydrogen) atoms. The lowest BCUT2D eigenvalue weighted by atomic mass is 10.1. The molecule has 1 aromatic rings. The van der Waals surface area contributed by atoms with Crippen LogP contribution in [0.15, 0.2) is 12.4 Å². The summed E-state index contributed by atoms with van der Waals surface area (Å²) in [6.45, 7) is 2.65. The van der Waals surface area contributed by atoms with Crippen molar-refractivity contribution in [3.8, 4) is 0 Å². The first-order chi connectivity index (χ1) is 6.25. The molecular formula is C9H15N3O. The first-order valence-electron chi connectivity index (χ1n) is 4.62. The van der Waals surface area contributed by atoms with E-state index in [1.807, 2.05) is 24.0 Å². The molecule has 1 aromatic heterocycles. The summed E-state index contributed by atoms with van der Waals surface area (Å²) in [5.74, 6) is 1.11. The van der Waals surface area contributed by atoms with Crippen LogP contribution >= 0.6 is 0 Å². The molecule has 4 heteroatoms. The Hall–Kier alpha value is -0.870. The Morgan fingerprint density at radius 2 is 2.38 bits per heavy atom. The predicted octanol–water partition coefficient (Wildman–Crippen LogP) is -0.361. The molecule has 0 spiro atoms. The molecule has 0 saturated carbocycles. The van der Waals surface area contributed by atoms with Crippen LogP contribution in [0.3, 0.4) is 0 Å². The molecule has 0 aliphatic carbocycles. The van der Waals surface area contributed by atoms with Crippen molar-refractivity contribution in [3.05, 3.63) is 18.2 Å². The summed E-state index contributed by atoms with van der Waals surface area (Å²) in [5.41, 5.74) is 0. The van der Waals surface area contributed by atoms with Crippen LogP contribution in [0.25, 0.3) is 0 Å². The summed E-state index contributed by atoms with van der Waals surface area (Å²) in [6.07, 6.45) is 4.65. The molecule has 0 unspecified atom stereocenters. The average Bonchev–Trinajstić information content (AvgIpc) is 2.43. The third kappa shape index (κ3) is 1.89. The van der Waals surface area contributed by atoms with Gasteiger partial charge in [-0.25, -0.2) is 4.98 Å². The fourth-order valence-electron chi connectivity index (χ4n) is 1.62. The maximum absolute atomic E-state index is 9.07. The van der Waals surface area contributed by atoms with Crippen LogP contribution in [0.4, 0.5) is 0 Å². The standard InChI is InChI=1S/C9H15N3O/c1-11-5-3-10-9(11)2-4-12-6-8(13)7-12/h3,5,8,13H,2,4,6-7H2,1H3. The molecule has 0 bridgehead atoms. The van der Waals surface area contributed by atoms with Crippen LogP contribution < -0.4 is 0 Å². The summed E-state index contributed by atoms with van der Waals surface area (Å²) >= 11 is 0. The molecule has 1 fully saturated rings. The first-order valence-corrected chi connectivity index (χ1v) is 4.62. The fraction of sp³-hybridized carbons (Fsp3) is 0.667. The molecule has 1 saturated heterocycles. The summed E-state index contributed by atoms with van der Waals surface area (Å²) in [5, 5.41) is 9.07. The van der Waals surface area contributed by atoms with Crippen molar-refractivity contribution in [1.82, 2.24) is 14.5 Å². The Morgan fingerprint density at radius 3 is 2.92 bits per heavy atom.